The normalized spacial score (nSPS) is 15.8. The van der Waals surface area contributed by atoms with Crippen LogP contribution in [0.15, 0.2) is 12.1 Å². The van der Waals surface area contributed by atoms with Crippen LogP contribution in [0.4, 0.5) is 0 Å². The van der Waals surface area contributed by atoms with Gasteiger partial charge in [-0.25, -0.2) is 0 Å². The van der Waals surface area contributed by atoms with Crippen molar-refractivity contribution >= 4 is 17.5 Å². The molecule has 0 spiro atoms. The van der Waals surface area contributed by atoms with E-state index in [2.05, 4.69) is 13.8 Å². The Morgan fingerprint density at radius 2 is 1.79 bits per heavy atom. The number of amides is 1. The van der Waals surface area contributed by atoms with Crippen molar-refractivity contribution in [2.75, 3.05) is 20.8 Å². The minimum atomic E-state index is -0.388. The van der Waals surface area contributed by atoms with E-state index in [1.165, 1.54) is 0 Å². The zero-order valence-electron chi connectivity index (χ0n) is 17.8. The van der Waals surface area contributed by atoms with Crippen LogP contribution in [0.3, 0.4) is 0 Å². The first kappa shape index (κ1) is 22.8. The lowest BCUT2D eigenvalue weighted by atomic mass is 10.1. The van der Waals surface area contributed by atoms with Gasteiger partial charge in [0.2, 0.25) is 0 Å². The molecule has 0 saturated heterocycles. The maximum Gasteiger partial charge on any atom is 0.252 e. The highest BCUT2D eigenvalue weighted by atomic mass is 35.5. The summed E-state index contributed by atoms with van der Waals surface area (Å²) in [7, 11) is 3.15. The summed E-state index contributed by atoms with van der Waals surface area (Å²) in [5.41, 5.74) is 0.938. The number of hydrogen-bond acceptors (Lipinski definition) is 4. The number of carbonyl (C=O) groups is 1. The highest BCUT2D eigenvalue weighted by Gasteiger charge is 2.36. The van der Waals surface area contributed by atoms with E-state index in [0.29, 0.717) is 42.0 Å². The Labute approximate surface area is 174 Å². The third-order valence-corrected chi connectivity index (χ3v) is 5.77. The van der Waals surface area contributed by atoms with Crippen LogP contribution in [0.2, 0.25) is 5.02 Å². The van der Waals surface area contributed by atoms with Crippen molar-refractivity contribution in [3.8, 4) is 11.5 Å². The summed E-state index contributed by atoms with van der Waals surface area (Å²) < 4.78 is 16.7. The molecule has 0 aromatic heterocycles. The van der Waals surface area contributed by atoms with Gasteiger partial charge in [-0.15, -0.1) is 0 Å². The van der Waals surface area contributed by atoms with Gasteiger partial charge in [0, 0.05) is 19.2 Å². The van der Waals surface area contributed by atoms with Gasteiger partial charge >= 0.3 is 0 Å². The fourth-order valence-electron chi connectivity index (χ4n) is 3.15. The van der Waals surface area contributed by atoms with Gasteiger partial charge in [0.1, 0.15) is 22.6 Å². The van der Waals surface area contributed by atoms with Gasteiger partial charge in [-0.3, -0.25) is 4.79 Å². The van der Waals surface area contributed by atoms with Crippen LogP contribution >= 0.6 is 11.6 Å². The zero-order valence-corrected chi connectivity index (χ0v) is 18.6. The van der Waals surface area contributed by atoms with Crippen molar-refractivity contribution < 1.29 is 19.0 Å². The molecule has 0 unspecified atom stereocenters. The number of halogens is 1. The Kier molecular flexibility index (Phi) is 8.90. The third kappa shape index (κ3) is 6.02. The van der Waals surface area contributed by atoms with Crippen molar-refractivity contribution in [3.63, 3.8) is 0 Å². The van der Waals surface area contributed by atoms with E-state index in [9.17, 15) is 4.79 Å². The van der Waals surface area contributed by atoms with E-state index in [4.69, 9.17) is 25.8 Å². The molecule has 1 aliphatic rings. The number of nitrogens with zero attached hydrogens (tertiary/aromatic N) is 1. The summed E-state index contributed by atoms with van der Waals surface area (Å²) in [6.45, 7) is 7.52. The molecule has 28 heavy (non-hydrogen) atoms. The van der Waals surface area contributed by atoms with Gasteiger partial charge < -0.3 is 19.1 Å². The van der Waals surface area contributed by atoms with E-state index in [1.54, 1.807) is 14.2 Å². The van der Waals surface area contributed by atoms with Gasteiger partial charge in [-0.2, -0.15) is 0 Å². The Hall–Kier alpha value is -1.46. The SMILES string of the molecule is CC[C@H](C)CCO[C@H](CC)C(=O)N(Cc1cc(OC)c(Cl)c(OC)c1)C1CC1. The van der Waals surface area contributed by atoms with Crippen LogP contribution in [-0.4, -0.2) is 43.8 Å². The van der Waals surface area contributed by atoms with Crippen LogP contribution in [0.5, 0.6) is 11.5 Å². The maximum absolute atomic E-state index is 13.2. The predicted octanol–water partition coefficient (Wildman–Crippen LogP) is 5.08. The second kappa shape index (κ2) is 10.9. The highest BCUT2D eigenvalue weighted by Crippen LogP contribution is 2.37. The minimum absolute atomic E-state index is 0.0713. The summed E-state index contributed by atoms with van der Waals surface area (Å²) in [6.07, 6.45) is 4.47. The number of hydrogen-bond donors (Lipinski definition) is 0. The van der Waals surface area contributed by atoms with E-state index >= 15 is 0 Å². The second-order valence-corrected chi connectivity index (χ2v) is 7.96. The van der Waals surface area contributed by atoms with Crippen molar-refractivity contribution in [1.82, 2.24) is 4.90 Å². The van der Waals surface area contributed by atoms with Gasteiger partial charge in [0.15, 0.2) is 0 Å². The molecule has 1 saturated carbocycles. The molecule has 1 aromatic carbocycles. The second-order valence-electron chi connectivity index (χ2n) is 7.58. The third-order valence-electron chi connectivity index (χ3n) is 5.40. The molecular formula is C22H34ClNO4. The van der Waals surface area contributed by atoms with E-state index < -0.39 is 0 Å². The topological polar surface area (TPSA) is 48.0 Å². The lowest BCUT2D eigenvalue weighted by molar-refractivity contribution is -0.145. The molecule has 1 amide bonds. The number of rotatable bonds is 12. The van der Waals surface area contributed by atoms with Crippen molar-refractivity contribution in [2.24, 2.45) is 5.92 Å². The Morgan fingerprint density at radius 1 is 1.18 bits per heavy atom. The Balaban J connectivity index is 2.11. The fraction of sp³-hybridized carbons (Fsp3) is 0.682. The standard InChI is InChI=1S/C22H34ClNO4/c1-6-15(3)10-11-28-18(7-2)22(25)24(17-8-9-17)14-16-12-19(26-4)21(23)20(13-16)27-5/h12-13,15,17-18H,6-11,14H2,1-5H3/t15-,18+/m0/s1. The van der Waals surface area contributed by atoms with Crippen molar-refractivity contribution in [3.05, 3.63) is 22.7 Å². The van der Waals surface area contributed by atoms with Gasteiger partial charge in [-0.05, 0) is 49.3 Å². The zero-order chi connectivity index (χ0) is 20.7. The number of benzene rings is 1. The van der Waals surface area contributed by atoms with Crippen LogP contribution in [0, 0.1) is 5.92 Å². The van der Waals surface area contributed by atoms with Gasteiger partial charge in [0.25, 0.3) is 5.91 Å². The first-order chi connectivity index (χ1) is 13.4. The largest absolute Gasteiger partial charge is 0.495 e. The summed E-state index contributed by atoms with van der Waals surface area (Å²) in [5, 5.41) is 0.442. The number of methoxy groups -OCH3 is 2. The molecule has 1 aromatic rings. The first-order valence-corrected chi connectivity index (χ1v) is 10.6. The van der Waals surface area contributed by atoms with Crippen LogP contribution in [0.1, 0.15) is 58.4 Å². The molecule has 0 bridgehead atoms. The quantitative estimate of drug-likeness (QED) is 0.481. The molecular weight excluding hydrogens is 378 g/mol. The summed E-state index contributed by atoms with van der Waals surface area (Å²) in [6, 6.07) is 4.03. The highest BCUT2D eigenvalue weighted by molar-refractivity contribution is 6.33. The lowest BCUT2D eigenvalue weighted by Crippen LogP contribution is -2.41. The predicted molar refractivity (Wildman–Crippen MR) is 112 cm³/mol. The molecule has 0 aliphatic heterocycles. The Morgan fingerprint density at radius 3 is 2.25 bits per heavy atom. The van der Waals surface area contributed by atoms with E-state index in [1.807, 2.05) is 24.0 Å². The molecule has 0 heterocycles. The number of carbonyl (C=O) groups excluding carboxylic acids is 1. The minimum Gasteiger partial charge on any atom is -0.495 e. The molecule has 2 rings (SSSR count). The molecule has 5 nitrogen and oxygen atoms in total. The van der Waals surface area contributed by atoms with Gasteiger partial charge in [-0.1, -0.05) is 38.8 Å². The molecule has 1 fully saturated rings. The van der Waals surface area contributed by atoms with Crippen LogP contribution in [-0.2, 0) is 16.1 Å². The molecule has 158 valence electrons. The van der Waals surface area contributed by atoms with E-state index in [-0.39, 0.29) is 18.1 Å². The summed E-state index contributed by atoms with van der Waals surface area (Å²) in [4.78, 5) is 15.1. The maximum atomic E-state index is 13.2. The average molecular weight is 412 g/mol. The Bertz CT molecular complexity index is 622. The van der Waals surface area contributed by atoms with Crippen LogP contribution < -0.4 is 9.47 Å². The van der Waals surface area contributed by atoms with Crippen molar-refractivity contribution in [2.45, 2.75) is 71.6 Å². The molecule has 0 radical (unpaired) electrons. The molecule has 6 heteroatoms. The smallest absolute Gasteiger partial charge is 0.252 e. The van der Waals surface area contributed by atoms with Crippen molar-refractivity contribution in [1.29, 1.82) is 0 Å². The lowest BCUT2D eigenvalue weighted by Gasteiger charge is -2.28. The molecule has 1 aliphatic carbocycles. The molecule has 0 N–H and O–H groups in total. The fourth-order valence-corrected chi connectivity index (χ4v) is 3.41. The molecule has 2 atom stereocenters. The van der Waals surface area contributed by atoms with E-state index in [0.717, 1.165) is 31.2 Å². The monoisotopic (exact) mass is 411 g/mol. The first-order valence-electron chi connectivity index (χ1n) is 10.3. The van der Waals surface area contributed by atoms with Crippen LogP contribution in [0.25, 0.3) is 0 Å². The average Bonchev–Trinajstić information content (AvgIpc) is 3.54. The summed E-state index contributed by atoms with van der Waals surface area (Å²) in [5.74, 6) is 1.79. The summed E-state index contributed by atoms with van der Waals surface area (Å²) >= 11 is 6.27. The number of ether oxygens (including phenoxy) is 3. The van der Waals surface area contributed by atoms with Gasteiger partial charge in [0.05, 0.1) is 14.2 Å².